The average molecular weight is 411 g/mol. The van der Waals surface area contributed by atoms with Gasteiger partial charge in [-0.1, -0.05) is 6.07 Å². The Bertz CT molecular complexity index is 742. The molecule has 1 heterocycles. The molecule has 0 spiro atoms. The van der Waals surface area contributed by atoms with E-state index in [2.05, 4.69) is 4.90 Å². The van der Waals surface area contributed by atoms with Gasteiger partial charge in [0.1, 0.15) is 5.82 Å². The van der Waals surface area contributed by atoms with Crippen LogP contribution in [0.2, 0.25) is 0 Å². The van der Waals surface area contributed by atoms with E-state index in [-0.39, 0.29) is 18.2 Å². The maximum absolute atomic E-state index is 13.4. The molecule has 2 aromatic carbocycles. The molecule has 1 aliphatic rings. The van der Waals surface area contributed by atoms with Gasteiger partial charge in [-0.15, -0.1) is 0 Å². The van der Waals surface area contributed by atoms with Crippen molar-refractivity contribution in [3.05, 3.63) is 47.8 Å². The van der Waals surface area contributed by atoms with Crippen LogP contribution >= 0.6 is 0 Å². The van der Waals surface area contributed by atoms with Crippen molar-refractivity contribution in [1.29, 1.82) is 0 Å². The first-order valence-corrected chi connectivity index (χ1v) is 9.27. The van der Waals surface area contributed by atoms with Crippen LogP contribution in [0.5, 0.6) is 17.2 Å². The molecule has 0 unspecified atom stereocenters. The maximum atomic E-state index is 13.4. The second kappa shape index (κ2) is 10.4. The Morgan fingerprint density at radius 3 is 2.14 bits per heavy atom. The maximum Gasteiger partial charge on any atom is 0.203 e. The highest BCUT2D eigenvalue weighted by atomic mass is 35.5. The van der Waals surface area contributed by atoms with Crippen LogP contribution in [0.1, 0.15) is 5.56 Å². The largest absolute Gasteiger partial charge is 1.00 e. The van der Waals surface area contributed by atoms with Crippen LogP contribution in [0, 0.1) is 5.82 Å². The fraction of sp³-hybridized carbons (Fsp3) is 0.429. The van der Waals surface area contributed by atoms with Gasteiger partial charge in [-0.25, -0.2) is 4.39 Å². The summed E-state index contributed by atoms with van der Waals surface area (Å²) in [7, 11) is 4.89. The number of nitrogens with one attached hydrogen (secondary N) is 1. The van der Waals surface area contributed by atoms with Gasteiger partial charge in [0.25, 0.3) is 0 Å². The lowest BCUT2D eigenvalue weighted by molar-refractivity contribution is -0.900. The van der Waals surface area contributed by atoms with Crippen molar-refractivity contribution in [3.63, 3.8) is 0 Å². The summed E-state index contributed by atoms with van der Waals surface area (Å²) in [5.74, 6) is 1.83. The van der Waals surface area contributed by atoms with Gasteiger partial charge in [-0.2, -0.15) is 0 Å². The Kier molecular flexibility index (Phi) is 8.20. The van der Waals surface area contributed by atoms with Crippen molar-refractivity contribution >= 4 is 5.69 Å². The van der Waals surface area contributed by atoms with Crippen LogP contribution in [0.4, 0.5) is 10.1 Å². The van der Waals surface area contributed by atoms with E-state index >= 15 is 0 Å². The molecule has 0 aromatic heterocycles. The molecule has 154 valence electrons. The van der Waals surface area contributed by atoms with Gasteiger partial charge in [0.2, 0.25) is 5.75 Å². The fourth-order valence-corrected chi connectivity index (χ4v) is 3.60. The van der Waals surface area contributed by atoms with Crippen LogP contribution in [0.3, 0.4) is 0 Å². The van der Waals surface area contributed by atoms with Crippen molar-refractivity contribution in [1.82, 2.24) is 0 Å². The van der Waals surface area contributed by atoms with Gasteiger partial charge >= 0.3 is 0 Å². The first-order chi connectivity index (χ1) is 13.1. The third kappa shape index (κ3) is 5.20. The number of hydrogen-bond acceptors (Lipinski definition) is 4. The standard InChI is InChI=1S/C21H27FN2O3.ClH/c1-25-19-13-16(14-20(26-2)21(19)27-3)7-8-23-9-11-24(12-10-23)18-6-4-5-17(22)15-18;/h4-6,13-15H,7-12H2,1-3H3;1H. The van der Waals surface area contributed by atoms with E-state index in [0.717, 1.165) is 44.8 Å². The van der Waals surface area contributed by atoms with Gasteiger partial charge in [0.05, 0.1) is 54.1 Å². The number of hydrogen-bond donors (Lipinski definition) is 1. The number of ether oxygens (including phenoxy) is 3. The van der Waals surface area contributed by atoms with E-state index in [1.165, 1.54) is 11.6 Å². The zero-order chi connectivity index (χ0) is 19.2. The summed E-state index contributed by atoms with van der Waals surface area (Å²) < 4.78 is 29.7. The summed E-state index contributed by atoms with van der Waals surface area (Å²) in [6, 6.07) is 10.9. The highest BCUT2D eigenvalue weighted by molar-refractivity contribution is 5.53. The zero-order valence-corrected chi connectivity index (χ0v) is 17.4. The second-order valence-corrected chi connectivity index (χ2v) is 6.75. The molecule has 3 rings (SSSR count). The van der Waals surface area contributed by atoms with Gasteiger partial charge in [-0.05, 0) is 35.9 Å². The van der Waals surface area contributed by atoms with Crippen molar-refractivity contribution in [2.75, 3.05) is 59.0 Å². The first kappa shape index (κ1) is 22.1. The molecular weight excluding hydrogens is 383 g/mol. The number of quaternary nitrogens is 1. The molecule has 1 N–H and O–H groups in total. The number of methoxy groups -OCH3 is 3. The number of anilines is 1. The van der Waals surface area contributed by atoms with E-state index in [1.807, 2.05) is 18.2 Å². The van der Waals surface area contributed by atoms with E-state index < -0.39 is 0 Å². The summed E-state index contributed by atoms with van der Waals surface area (Å²) in [4.78, 5) is 3.81. The summed E-state index contributed by atoms with van der Waals surface area (Å²) in [6.45, 7) is 5.00. The SMILES string of the molecule is COc1cc(CC[NH+]2CCN(c3cccc(F)c3)CC2)cc(OC)c1OC.[Cl-]. The molecule has 0 saturated carbocycles. The Morgan fingerprint density at radius 1 is 0.964 bits per heavy atom. The summed E-state index contributed by atoms with van der Waals surface area (Å²) in [5, 5.41) is 0. The number of rotatable bonds is 7. The Morgan fingerprint density at radius 2 is 1.61 bits per heavy atom. The molecule has 0 atom stereocenters. The molecule has 28 heavy (non-hydrogen) atoms. The minimum atomic E-state index is -0.176. The Labute approximate surface area is 172 Å². The highest BCUT2D eigenvalue weighted by Crippen LogP contribution is 2.38. The minimum absolute atomic E-state index is 0. The molecule has 0 radical (unpaired) electrons. The lowest BCUT2D eigenvalue weighted by Gasteiger charge is -2.33. The monoisotopic (exact) mass is 410 g/mol. The molecule has 7 heteroatoms. The lowest BCUT2D eigenvalue weighted by atomic mass is 10.1. The van der Waals surface area contributed by atoms with Crippen molar-refractivity contribution < 1.29 is 35.9 Å². The van der Waals surface area contributed by atoms with Crippen LogP contribution in [-0.4, -0.2) is 54.1 Å². The van der Waals surface area contributed by atoms with Gasteiger partial charge in [0.15, 0.2) is 11.5 Å². The second-order valence-electron chi connectivity index (χ2n) is 6.75. The average Bonchev–Trinajstić information content (AvgIpc) is 2.71. The lowest BCUT2D eigenvalue weighted by Crippen LogP contribution is -3.15. The number of piperazine rings is 1. The highest BCUT2D eigenvalue weighted by Gasteiger charge is 2.21. The first-order valence-electron chi connectivity index (χ1n) is 9.27. The molecule has 1 saturated heterocycles. The molecule has 0 bridgehead atoms. The number of benzene rings is 2. The number of halogens is 2. The summed E-state index contributed by atoms with van der Waals surface area (Å²) in [6.07, 6.45) is 0.937. The Balaban J connectivity index is 0.00000280. The van der Waals surface area contributed by atoms with Gasteiger partial charge in [0, 0.05) is 12.1 Å². The normalized spacial score (nSPS) is 14.4. The van der Waals surface area contributed by atoms with Crippen LogP contribution in [-0.2, 0) is 6.42 Å². The third-order valence-corrected chi connectivity index (χ3v) is 5.14. The number of nitrogens with zero attached hydrogens (tertiary/aromatic N) is 1. The summed E-state index contributed by atoms with van der Waals surface area (Å²) >= 11 is 0. The smallest absolute Gasteiger partial charge is 0.203 e. The van der Waals surface area contributed by atoms with E-state index in [4.69, 9.17) is 14.2 Å². The molecule has 0 aliphatic carbocycles. The predicted octanol–water partition coefficient (Wildman–Crippen LogP) is -1.20. The van der Waals surface area contributed by atoms with E-state index in [0.29, 0.717) is 17.2 Å². The van der Waals surface area contributed by atoms with Crippen molar-refractivity contribution in [2.24, 2.45) is 0 Å². The van der Waals surface area contributed by atoms with Crippen molar-refractivity contribution in [3.8, 4) is 17.2 Å². The van der Waals surface area contributed by atoms with E-state index in [9.17, 15) is 4.39 Å². The quantitative estimate of drug-likeness (QED) is 0.622. The topological polar surface area (TPSA) is 35.4 Å². The van der Waals surface area contributed by atoms with Crippen LogP contribution in [0.25, 0.3) is 0 Å². The third-order valence-electron chi connectivity index (χ3n) is 5.14. The van der Waals surface area contributed by atoms with Gasteiger partial charge < -0.3 is 36.4 Å². The molecule has 0 amide bonds. The van der Waals surface area contributed by atoms with Gasteiger partial charge in [-0.3, -0.25) is 0 Å². The zero-order valence-electron chi connectivity index (χ0n) is 16.6. The molecule has 1 fully saturated rings. The summed E-state index contributed by atoms with van der Waals surface area (Å²) in [5.41, 5.74) is 2.14. The molecule has 2 aromatic rings. The van der Waals surface area contributed by atoms with Crippen LogP contribution in [0.15, 0.2) is 36.4 Å². The Hall–Kier alpha value is -2.18. The minimum Gasteiger partial charge on any atom is -1.00 e. The predicted molar refractivity (Wildman–Crippen MR) is 104 cm³/mol. The van der Waals surface area contributed by atoms with Crippen LogP contribution < -0.4 is 36.4 Å². The van der Waals surface area contributed by atoms with E-state index in [1.54, 1.807) is 38.4 Å². The fourth-order valence-electron chi connectivity index (χ4n) is 3.60. The molecule has 5 nitrogen and oxygen atoms in total. The molecular formula is C21H28ClFN2O3. The molecule has 1 aliphatic heterocycles. The van der Waals surface area contributed by atoms with Crippen molar-refractivity contribution in [2.45, 2.75) is 6.42 Å².